The van der Waals surface area contributed by atoms with E-state index < -0.39 is 0 Å². The molecule has 0 saturated carbocycles. The number of likely N-dealkylation sites (N-methyl/N-ethyl adjacent to an activating group) is 1. The number of nitrogens with two attached hydrogens (primary N) is 1. The molecule has 6 N–H and O–H groups in total. The average Bonchev–Trinajstić information content (AvgIpc) is 2.98. The maximum absolute atomic E-state index is 12.6. The van der Waals surface area contributed by atoms with Gasteiger partial charge in [0, 0.05) is 49.6 Å². The van der Waals surface area contributed by atoms with Crippen LogP contribution in [0.5, 0.6) is 11.5 Å². The minimum Gasteiger partial charge on any atom is -0.608 e. The van der Waals surface area contributed by atoms with E-state index in [0.717, 1.165) is 22.5 Å². The molecule has 2 heterocycles. The molecule has 4 rings (SSSR count). The van der Waals surface area contributed by atoms with Crippen LogP contribution >= 0.6 is 0 Å². The lowest BCUT2D eigenvalue weighted by atomic mass is 10.0. The summed E-state index contributed by atoms with van der Waals surface area (Å²) in [5, 5.41) is 18.6. The molecule has 1 atom stereocenters. The van der Waals surface area contributed by atoms with E-state index in [1.807, 2.05) is 36.2 Å². The van der Waals surface area contributed by atoms with Crippen molar-refractivity contribution in [1.82, 2.24) is 10.3 Å². The fraction of sp³-hybridized carbons (Fsp3) is 0.333. The van der Waals surface area contributed by atoms with Crippen molar-refractivity contribution in [3.05, 3.63) is 52.7 Å². The molecule has 186 valence electrons. The van der Waals surface area contributed by atoms with Crippen LogP contribution < -0.4 is 36.4 Å². The van der Waals surface area contributed by atoms with Gasteiger partial charge in [-0.25, -0.2) is 4.99 Å². The number of benzene rings is 2. The number of carbonyl (C=O) groups excluding carboxylic acids is 1. The van der Waals surface area contributed by atoms with E-state index in [0.29, 0.717) is 54.9 Å². The van der Waals surface area contributed by atoms with Gasteiger partial charge in [-0.2, -0.15) is 5.43 Å². The Balaban J connectivity index is 1.65. The van der Waals surface area contributed by atoms with Crippen molar-refractivity contribution < 1.29 is 19.4 Å². The molecule has 0 saturated heterocycles. The molecule has 0 fully saturated rings. The van der Waals surface area contributed by atoms with Gasteiger partial charge in [-0.05, 0) is 36.7 Å². The van der Waals surface area contributed by atoms with Gasteiger partial charge in [-0.3, -0.25) is 9.97 Å². The normalized spacial score (nSPS) is 16.0. The third-order valence-electron chi connectivity index (χ3n) is 5.83. The second kappa shape index (κ2) is 10.7. The number of anilines is 2. The third kappa shape index (κ3) is 5.38. The fourth-order valence-corrected chi connectivity index (χ4v) is 4.05. The molecule has 0 spiro atoms. The minimum atomic E-state index is -0.211. The van der Waals surface area contributed by atoms with Gasteiger partial charge in [-0.15, -0.1) is 0 Å². The summed E-state index contributed by atoms with van der Waals surface area (Å²) in [4.78, 5) is 19.5. The second-order valence-electron chi connectivity index (χ2n) is 8.32. The predicted octanol–water partition coefficient (Wildman–Crippen LogP) is 1.04. The van der Waals surface area contributed by atoms with Gasteiger partial charge in [0.2, 0.25) is 11.9 Å². The molecule has 11 nitrogen and oxygen atoms in total. The van der Waals surface area contributed by atoms with Gasteiger partial charge in [-0.1, -0.05) is 0 Å². The molecule has 0 radical (unpaired) electrons. The monoisotopic (exact) mass is 481 g/mol. The number of nitrogens with one attached hydrogen (secondary N) is 4. The quantitative estimate of drug-likeness (QED) is 0.278. The van der Waals surface area contributed by atoms with E-state index in [1.165, 1.54) is 0 Å². The zero-order valence-corrected chi connectivity index (χ0v) is 20.1. The smallest absolute Gasteiger partial charge is 0.228 e. The molecular weight excluding hydrogens is 450 g/mol. The molecule has 0 bridgehead atoms. The molecule has 2 aliphatic heterocycles. The topological polar surface area (TPSA) is 141 Å². The highest BCUT2D eigenvalue weighted by atomic mass is 16.5. The standard InChI is InChI=1S/C24H31N7O4/c1-30-14-15-11-22(32)28-19-13-17(31(33)26-10-4-9-25)6-7-18(19)23(15)29-24(30)27-16-5-8-20(34-2)21(12-16)35-3/h5-8,12-13,26,31H,4,9-11,14,25H2,1-3H3,(H,27,29)(H,28,32). The second-order valence-corrected chi connectivity index (χ2v) is 8.32. The number of carbonyl (C=O) groups is 1. The summed E-state index contributed by atoms with van der Waals surface area (Å²) in [6.07, 6.45) is 0.918. The number of methoxy groups -OCH3 is 2. The molecule has 2 aromatic rings. The number of quaternary nitrogens is 1. The van der Waals surface area contributed by atoms with E-state index in [9.17, 15) is 10.0 Å². The summed E-state index contributed by atoms with van der Waals surface area (Å²) in [6.45, 7) is 1.53. The van der Waals surface area contributed by atoms with Crippen molar-refractivity contribution in [3.8, 4) is 11.5 Å². The first-order valence-corrected chi connectivity index (χ1v) is 11.4. The number of hydrogen-bond acceptors (Lipinski definition) is 9. The summed E-state index contributed by atoms with van der Waals surface area (Å²) in [6, 6.07) is 10.8. The summed E-state index contributed by atoms with van der Waals surface area (Å²) < 4.78 is 10.7. The Morgan fingerprint density at radius 3 is 2.74 bits per heavy atom. The third-order valence-corrected chi connectivity index (χ3v) is 5.83. The zero-order chi connectivity index (χ0) is 24.9. The Labute approximate surface area is 204 Å². The Hall–Kier alpha value is -3.64. The molecule has 35 heavy (non-hydrogen) atoms. The van der Waals surface area contributed by atoms with Gasteiger partial charge in [0.15, 0.2) is 17.2 Å². The lowest BCUT2D eigenvalue weighted by Gasteiger charge is -2.29. The van der Waals surface area contributed by atoms with Gasteiger partial charge in [0.1, 0.15) is 0 Å². The number of hydrogen-bond donors (Lipinski definition) is 5. The average molecular weight is 482 g/mol. The van der Waals surface area contributed by atoms with Crippen molar-refractivity contribution in [2.24, 2.45) is 10.7 Å². The first-order chi connectivity index (χ1) is 16.9. The van der Waals surface area contributed by atoms with Crippen LogP contribution in [0.3, 0.4) is 0 Å². The number of amides is 1. The first-order valence-electron chi connectivity index (χ1n) is 11.4. The summed E-state index contributed by atoms with van der Waals surface area (Å²) >= 11 is 0. The van der Waals surface area contributed by atoms with Gasteiger partial charge in [0.05, 0.1) is 32.0 Å². The van der Waals surface area contributed by atoms with E-state index in [4.69, 9.17) is 20.2 Å². The Morgan fingerprint density at radius 1 is 1.20 bits per heavy atom. The molecule has 2 aliphatic rings. The first kappa shape index (κ1) is 24.5. The van der Waals surface area contributed by atoms with Crippen LogP contribution in [0.1, 0.15) is 18.4 Å². The highest BCUT2D eigenvalue weighted by Crippen LogP contribution is 2.36. The molecule has 1 unspecified atom stereocenters. The van der Waals surface area contributed by atoms with E-state index >= 15 is 0 Å². The van der Waals surface area contributed by atoms with Crippen LogP contribution in [0.2, 0.25) is 0 Å². The summed E-state index contributed by atoms with van der Waals surface area (Å²) in [5.74, 6) is 1.71. The van der Waals surface area contributed by atoms with Crippen LogP contribution in [0.15, 0.2) is 47.0 Å². The number of nitrogens with zero attached hydrogens (tertiary/aromatic N) is 2. The Kier molecular flexibility index (Phi) is 7.51. The van der Waals surface area contributed by atoms with Crippen molar-refractivity contribution in [2.75, 3.05) is 51.5 Å². The molecule has 11 heteroatoms. The van der Waals surface area contributed by atoms with E-state index in [2.05, 4.69) is 16.1 Å². The van der Waals surface area contributed by atoms with Crippen molar-refractivity contribution in [3.63, 3.8) is 0 Å². The number of aliphatic imine (C=N–C) groups is 1. The lowest BCUT2D eigenvalue weighted by molar-refractivity contribution is -0.828. The summed E-state index contributed by atoms with van der Waals surface area (Å²) in [5.41, 5.74) is 12.5. The van der Waals surface area contributed by atoms with Crippen LogP contribution in [0.4, 0.5) is 17.1 Å². The number of guanidine groups is 1. The van der Waals surface area contributed by atoms with Gasteiger partial charge in [0.25, 0.3) is 0 Å². The van der Waals surface area contributed by atoms with Crippen molar-refractivity contribution >= 4 is 34.6 Å². The number of rotatable bonds is 8. The maximum Gasteiger partial charge on any atom is 0.228 e. The van der Waals surface area contributed by atoms with E-state index in [1.54, 1.807) is 26.4 Å². The number of fused-ring (bicyclic) bond motifs is 2. The molecule has 2 aromatic carbocycles. The van der Waals surface area contributed by atoms with Crippen LogP contribution in [-0.4, -0.2) is 57.7 Å². The minimum absolute atomic E-state index is 0.142. The zero-order valence-electron chi connectivity index (χ0n) is 20.1. The van der Waals surface area contributed by atoms with Crippen LogP contribution in [-0.2, 0) is 4.79 Å². The highest BCUT2D eigenvalue weighted by molar-refractivity contribution is 6.05. The van der Waals surface area contributed by atoms with Crippen LogP contribution in [0, 0.1) is 5.21 Å². The summed E-state index contributed by atoms with van der Waals surface area (Å²) in [7, 11) is 5.09. The maximum atomic E-state index is 12.6. The Morgan fingerprint density at radius 2 is 2.00 bits per heavy atom. The molecule has 1 amide bonds. The SMILES string of the molecule is COc1ccc(NC2=NC3=C(CC(=O)Nc4cc([NH+]([O-])NCCCN)ccc43)CN2C)cc1OC. The number of ether oxygens (including phenoxy) is 2. The molecular formula is C24H31N7O4. The van der Waals surface area contributed by atoms with Gasteiger partial charge >= 0.3 is 0 Å². The largest absolute Gasteiger partial charge is 0.608 e. The fourth-order valence-electron chi connectivity index (χ4n) is 4.05. The molecule has 0 aliphatic carbocycles. The van der Waals surface area contributed by atoms with Crippen LogP contribution in [0.25, 0.3) is 5.70 Å². The van der Waals surface area contributed by atoms with Crippen molar-refractivity contribution in [1.29, 1.82) is 0 Å². The van der Waals surface area contributed by atoms with Gasteiger partial charge < -0.3 is 35.9 Å². The van der Waals surface area contributed by atoms with Crippen molar-refractivity contribution in [2.45, 2.75) is 12.8 Å². The lowest BCUT2D eigenvalue weighted by Crippen LogP contribution is -3.09. The highest BCUT2D eigenvalue weighted by Gasteiger charge is 2.28. The predicted molar refractivity (Wildman–Crippen MR) is 136 cm³/mol. The molecule has 0 aromatic heterocycles. The Bertz CT molecular complexity index is 1160. The van der Waals surface area contributed by atoms with E-state index in [-0.39, 0.29) is 17.5 Å².